The average molecular weight is 320 g/mol. The van der Waals surface area contributed by atoms with Gasteiger partial charge in [-0.25, -0.2) is 0 Å². The van der Waals surface area contributed by atoms with E-state index in [4.69, 9.17) is 4.74 Å². The zero-order valence-electron chi connectivity index (χ0n) is 12.1. The van der Waals surface area contributed by atoms with Gasteiger partial charge in [-0.05, 0) is 49.4 Å². The van der Waals surface area contributed by atoms with Crippen molar-refractivity contribution in [2.24, 2.45) is 0 Å². The van der Waals surface area contributed by atoms with Gasteiger partial charge >= 0.3 is 0 Å². The molecule has 1 atom stereocenters. The second kappa shape index (κ2) is 6.65. The Labute approximate surface area is 131 Å². The third-order valence-electron chi connectivity index (χ3n) is 3.04. The van der Waals surface area contributed by atoms with E-state index in [9.17, 15) is 19.5 Å². The van der Waals surface area contributed by atoms with Crippen molar-refractivity contribution in [1.82, 2.24) is 4.90 Å². The molecule has 1 aromatic carbocycles. The maximum Gasteiger partial charge on any atom is 0.294 e. The Hall–Kier alpha value is -2.28. The Balaban J connectivity index is 2.21. The van der Waals surface area contributed by atoms with E-state index in [2.05, 4.69) is 0 Å². The number of nitrogens with zero attached hydrogens (tertiary/aromatic N) is 1. The Kier molecular flexibility index (Phi) is 4.87. The second-order valence-corrected chi connectivity index (χ2v) is 5.54. The van der Waals surface area contributed by atoms with E-state index in [1.165, 1.54) is 6.92 Å². The first-order chi connectivity index (χ1) is 10.4. The molecule has 0 N–H and O–H groups in total. The molecular formula is C15H14NO5S-. The summed E-state index contributed by atoms with van der Waals surface area (Å²) in [6.07, 6.45) is 1.54. The largest absolute Gasteiger partial charge is 0.548 e. The standard InChI is InChI=1S/C15H15NO5S/c1-3-21-11-6-4-10(5-7-11)8-12-13(17)16(15(20)22-12)9(2)14(18)19/h4-9H,3H2,1-2H3,(H,18,19)/p-1/b12-8+/t9-/m1/s1. The lowest BCUT2D eigenvalue weighted by Gasteiger charge is -2.21. The molecule has 1 aromatic rings. The van der Waals surface area contributed by atoms with Crippen LogP contribution in [0.2, 0.25) is 0 Å². The van der Waals surface area contributed by atoms with Gasteiger partial charge in [0.2, 0.25) is 0 Å². The van der Waals surface area contributed by atoms with Gasteiger partial charge in [0, 0.05) is 0 Å². The minimum atomic E-state index is -1.47. The number of carboxylic acid groups (broad SMARTS) is 1. The molecule has 116 valence electrons. The van der Waals surface area contributed by atoms with Crippen molar-refractivity contribution in [2.45, 2.75) is 19.9 Å². The summed E-state index contributed by atoms with van der Waals surface area (Å²) in [6, 6.07) is 5.72. The highest BCUT2D eigenvalue weighted by molar-refractivity contribution is 8.18. The molecule has 0 spiro atoms. The fourth-order valence-electron chi connectivity index (χ4n) is 1.90. The lowest BCUT2D eigenvalue weighted by atomic mass is 10.2. The quantitative estimate of drug-likeness (QED) is 0.759. The van der Waals surface area contributed by atoms with Gasteiger partial charge in [0.05, 0.1) is 23.5 Å². The highest BCUT2D eigenvalue weighted by atomic mass is 32.2. The summed E-state index contributed by atoms with van der Waals surface area (Å²) in [4.78, 5) is 35.6. The fourth-order valence-corrected chi connectivity index (χ4v) is 2.81. The smallest absolute Gasteiger partial charge is 0.294 e. The van der Waals surface area contributed by atoms with E-state index < -0.39 is 23.2 Å². The van der Waals surface area contributed by atoms with E-state index >= 15 is 0 Å². The number of aliphatic carboxylic acids is 1. The molecule has 2 amide bonds. The van der Waals surface area contributed by atoms with Gasteiger partial charge in [0.1, 0.15) is 5.75 Å². The minimum absolute atomic E-state index is 0.183. The Bertz CT molecular complexity index is 638. The first-order valence-corrected chi connectivity index (χ1v) is 7.46. The zero-order chi connectivity index (χ0) is 16.3. The molecule has 1 fully saturated rings. The monoisotopic (exact) mass is 320 g/mol. The van der Waals surface area contributed by atoms with Crippen LogP contribution in [-0.4, -0.2) is 34.7 Å². The van der Waals surface area contributed by atoms with E-state index in [0.717, 1.165) is 5.56 Å². The summed E-state index contributed by atoms with van der Waals surface area (Å²) in [7, 11) is 0. The van der Waals surface area contributed by atoms with Crippen LogP contribution in [0.3, 0.4) is 0 Å². The normalized spacial score (nSPS) is 17.9. The SMILES string of the molecule is CCOc1ccc(/C=C2/SC(=O)N([C@H](C)C(=O)[O-])C2=O)cc1. The lowest BCUT2D eigenvalue weighted by molar-refractivity contribution is -0.309. The van der Waals surface area contributed by atoms with Gasteiger partial charge in [-0.15, -0.1) is 0 Å². The van der Waals surface area contributed by atoms with E-state index in [1.807, 2.05) is 6.92 Å². The number of amides is 2. The van der Waals surface area contributed by atoms with Crippen LogP contribution in [0.25, 0.3) is 6.08 Å². The predicted octanol–water partition coefficient (Wildman–Crippen LogP) is 1.26. The molecular weight excluding hydrogens is 306 g/mol. The van der Waals surface area contributed by atoms with Gasteiger partial charge in [-0.1, -0.05) is 12.1 Å². The summed E-state index contributed by atoms with van der Waals surface area (Å²) in [5, 5.41) is 10.2. The number of imide groups is 1. The molecule has 6 nitrogen and oxygen atoms in total. The highest BCUT2D eigenvalue weighted by Crippen LogP contribution is 2.33. The van der Waals surface area contributed by atoms with Crippen LogP contribution in [-0.2, 0) is 9.59 Å². The molecule has 0 aliphatic carbocycles. The summed E-state index contributed by atoms with van der Waals surface area (Å²) in [5.41, 5.74) is 0.718. The summed E-state index contributed by atoms with van der Waals surface area (Å²) in [6.45, 7) is 3.67. The third kappa shape index (κ3) is 3.30. The van der Waals surface area contributed by atoms with Gasteiger partial charge in [0.15, 0.2) is 0 Å². The van der Waals surface area contributed by atoms with Crippen molar-refractivity contribution in [3.63, 3.8) is 0 Å². The van der Waals surface area contributed by atoms with Crippen molar-refractivity contribution in [3.05, 3.63) is 34.7 Å². The van der Waals surface area contributed by atoms with Crippen molar-refractivity contribution in [3.8, 4) is 5.75 Å². The molecule has 2 rings (SSSR count). The summed E-state index contributed by atoms with van der Waals surface area (Å²) in [5.74, 6) is -1.39. The van der Waals surface area contributed by atoms with Gasteiger partial charge < -0.3 is 14.6 Å². The topological polar surface area (TPSA) is 86.7 Å². The van der Waals surface area contributed by atoms with Crippen LogP contribution in [0.15, 0.2) is 29.2 Å². The average Bonchev–Trinajstić information content (AvgIpc) is 2.75. The molecule has 1 aliphatic rings. The molecule has 1 aliphatic heterocycles. The van der Waals surface area contributed by atoms with Crippen LogP contribution in [0, 0.1) is 0 Å². The molecule has 0 aromatic heterocycles. The minimum Gasteiger partial charge on any atom is -0.548 e. The molecule has 0 saturated carbocycles. The van der Waals surface area contributed by atoms with E-state index in [1.54, 1.807) is 30.3 Å². The molecule has 22 heavy (non-hydrogen) atoms. The van der Waals surface area contributed by atoms with Crippen LogP contribution in [0.5, 0.6) is 5.75 Å². The van der Waals surface area contributed by atoms with Crippen LogP contribution in [0.4, 0.5) is 4.79 Å². The van der Waals surface area contributed by atoms with E-state index in [0.29, 0.717) is 29.0 Å². The van der Waals surface area contributed by atoms with Crippen molar-refractivity contribution < 1.29 is 24.2 Å². The van der Waals surface area contributed by atoms with Crippen molar-refractivity contribution in [2.75, 3.05) is 6.61 Å². The number of carbonyl (C=O) groups is 3. The molecule has 1 heterocycles. The summed E-state index contributed by atoms with van der Waals surface area (Å²) >= 11 is 0.713. The molecule has 1 saturated heterocycles. The second-order valence-electron chi connectivity index (χ2n) is 4.55. The van der Waals surface area contributed by atoms with Crippen LogP contribution < -0.4 is 9.84 Å². The summed E-state index contributed by atoms with van der Waals surface area (Å²) < 4.78 is 5.32. The number of hydrogen-bond acceptors (Lipinski definition) is 6. The first-order valence-electron chi connectivity index (χ1n) is 6.64. The fraction of sp³-hybridized carbons (Fsp3) is 0.267. The van der Waals surface area contributed by atoms with Gasteiger partial charge in [0.25, 0.3) is 11.1 Å². The molecule has 0 radical (unpaired) electrons. The molecule has 7 heteroatoms. The number of rotatable bonds is 5. The third-order valence-corrected chi connectivity index (χ3v) is 3.92. The Morgan fingerprint density at radius 2 is 2.00 bits per heavy atom. The molecule has 0 bridgehead atoms. The maximum absolute atomic E-state index is 12.1. The van der Waals surface area contributed by atoms with Crippen LogP contribution >= 0.6 is 11.8 Å². The van der Waals surface area contributed by atoms with E-state index in [-0.39, 0.29) is 4.91 Å². The number of thioether (sulfide) groups is 1. The van der Waals surface area contributed by atoms with Gasteiger partial charge in [-0.3, -0.25) is 14.5 Å². The number of benzene rings is 1. The maximum atomic E-state index is 12.1. The Morgan fingerprint density at radius 1 is 1.36 bits per heavy atom. The number of carbonyl (C=O) groups excluding carboxylic acids is 3. The first kappa shape index (κ1) is 16.1. The Morgan fingerprint density at radius 3 is 2.55 bits per heavy atom. The molecule has 0 unspecified atom stereocenters. The number of ether oxygens (including phenoxy) is 1. The zero-order valence-corrected chi connectivity index (χ0v) is 12.9. The van der Waals surface area contributed by atoms with Gasteiger partial charge in [-0.2, -0.15) is 0 Å². The highest BCUT2D eigenvalue weighted by Gasteiger charge is 2.38. The van der Waals surface area contributed by atoms with Crippen molar-refractivity contribution >= 4 is 35.0 Å². The van der Waals surface area contributed by atoms with Crippen molar-refractivity contribution in [1.29, 1.82) is 0 Å². The predicted molar refractivity (Wildman–Crippen MR) is 79.9 cm³/mol. The number of carboxylic acids is 1. The number of hydrogen-bond donors (Lipinski definition) is 0. The lowest BCUT2D eigenvalue weighted by Crippen LogP contribution is -2.48. The van der Waals surface area contributed by atoms with Crippen LogP contribution in [0.1, 0.15) is 19.4 Å².